The molecular formula is C11H14FN3O. The number of carbonyl (C=O) groups is 1. The Morgan fingerprint density at radius 1 is 1.50 bits per heavy atom. The van der Waals surface area contributed by atoms with E-state index in [-0.39, 0.29) is 11.8 Å². The number of nitrogens with zero attached hydrogens (tertiary/aromatic N) is 1. The Morgan fingerprint density at radius 2 is 2.19 bits per heavy atom. The third-order valence-electron chi connectivity index (χ3n) is 2.87. The van der Waals surface area contributed by atoms with Crippen LogP contribution in [0.2, 0.25) is 0 Å². The zero-order valence-electron chi connectivity index (χ0n) is 8.82. The van der Waals surface area contributed by atoms with Crippen LogP contribution < -0.4 is 16.4 Å². The first-order valence-electron chi connectivity index (χ1n) is 5.10. The van der Waals surface area contributed by atoms with Crippen LogP contribution in [0, 0.1) is 5.92 Å². The average molecular weight is 223 g/mol. The van der Waals surface area contributed by atoms with Gasteiger partial charge in [0.15, 0.2) is 0 Å². The Labute approximate surface area is 93.0 Å². The molecule has 16 heavy (non-hydrogen) atoms. The SMILES string of the molecule is NC(=O)C1CN(c2ccc(N)cc2CF)C1. The second-order valence-corrected chi connectivity index (χ2v) is 4.03. The number of hydrogen-bond donors (Lipinski definition) is 2. The van der Waals surface area contributed by atoms with Gasteiger partial charge in [0.25, 0.3) is 0 Å². The summed E-state index contributed by atoms with van der Waals surface area (Å²) in [5.74, 6) is -0.418. The van der Waals surface area contributed by atoms with Gasteiger partial charge in [0.1, 0.15) is 6.67 Å². The van der Waals surface area contributed by atoms with E-state index in [0.29, 0.717) is 24.3 Å². The van der Waals surface area contributed by atoms with Crippen molar-refractivity contribution >= 4 is 17.3 Å². The van der Waals surface area contributed by atoms with Crippen LogP contribution >= 0.6 is 0 Å². The molecule has 2 rings (SSSR count). The highest BCUT2D eigenvalue weighted by Crippen LogP contribution is 2.29. The number of halogens is 1. The number of benzene rings is 1. The standard InChI is InChI=1S/C11H14FN3O/c12-4-7-3-9(13)1-2-10(7)15-5-8(6-15)11(14)16/h1-3,8H,4-6,13H2,(H2,14,16). The molecular weight excluding hydrogens is 209 g/mol. The van der Waals surface area contributed by atoms with Crippen LogP contribution in [-0.2, 0) is 11.5 Å². The fourth-order valence-corrected chi connectivity index (χ4v) is 1.88. The number of amides is 1. The van der Waals surface area contributed by atoms with Gasteiger partial charge in [-0.05, 0) is 18.2 Å². The molecule has 0 bridgehead atoms. The van der Waals surface area contributed by atoms with E-state index in [1.165, 1.54) is 0 Å². The summed E-state index contributed by atoms with van der Waals surface area (Å²) in [5, 5.41) is 0. The first kappa shape index (κ1) is 10.7. The lowest BCUT2D eigenvalue weighted by molar-refractivity contribution is -0.122. The number of anilines is 2. The molecule has 0 unspecified atom stereocenters. The van der Waals surface area contributed by atoms with Gasteiger partial charge in [0, 0.05) is 30.0 Å². The summed E-state index contributed by atoms with van der Waals surface area (Å²) in [6.07, 6.45) is 0. The van der Waals surface area contributed by atoms with Gasteiger partial charge in [-0.1, -0.05) is 0 Å². The Balaban J connectivity index is 2.14. The van der Waals surface area contributed by atoms with E-state index in [4.69, 9.17) is 11.5 Å². The molecule has 5 heteroatoms. The second-order valence-electron chi connectivity index (χ2n) is 4.03. The molecule has 1 aromatic carbocycles. The molecule has 4 nitrogen and oxygen atoms in total. The summed E-state index contributed by atoms with van der Waals surface area (Å²) >= 11 is 0. The van der Waals surface area contributed by atoms with Gasteiger partial charge in [-0.3, -0.25) is 4.79 Å². The van der Waals surface area contributed by atoms with Crippen molar-refractivity contribution in [2.45, 2.75) is 6.67 Å². The lowest BCUT2D eigenvalue weighted by atomic mass is 9.97. The van der Waals surface area contributed by atoms with Gasteiger partial charge in [-0.25, -0.2) is 4.39 Å². The van der Waals surface area contributed by atoms with E-state index in [9.17, 15) is 9.18 Å². The highest BCUT2D eigenvalue weighted by molar-refractivity contribution is 5.80. The van der Waals surface area contributed by atoms with Gasteiger partial charge >= 0.3 is 0 Å². The molecule has 1 fully saturated rings. The van der Waals surface area contributed by atoms with Crippen molar-refractivity contribution in [3.63, 3.8) is 0 Å². The molecule has 0 saturated carbocycles. The number of carbonyl (C=O) groups excluding carboxylic acids is 1. The average Bonchev–Trinajstić information content (AvgIpc) is 2.17. The van der Waals surface area contributed by atoms with Crippen LogP contribution in [0.25, 0.3) is 0 Å². The molecule has 4 N–H and O–H groups in total. The van der Waals surface area contributed by atoms with E-state index in [1.807, 2.05) is 4.90 Å². The van der Waals surface area contributed by atoms with Crippen molar-refractivity contribution in [1.29, 1.82) is 0 Å². The molecule has 0 spiro atoms. The summed E-state index contributed by atoms with van der Waals surface area (Å²) in [6, 6.07) is 5.13. The van der Waals surface area contributed by atoms with Crippen LogP contribution in [0.15, 0.2) is 18.2 Å². The number of alkyl halides is 1. The van der Waals surface area contributed by atoms with Crippen molar-refractivity contribution < 1.29 is 9.18 Å². The van der Waals surface area contributed by atoms with E-state index in [2.05, 4.69) is 0 Å². The van der Waals surface area contributed by atoms with E-state index in [0.717, 1.165) is 5.69 Å². The van der Waals surface area contributed by atoms with Gasteiger partial charge in [0.05, 0.1) is 5.92 Å². The summed E-state index contributed by atoms with van der Waals surface area (Å²) in [6.45, 7) is 0.566. The third-order valence-corrected chi connectivity index (χ3v) is 2.87. The summed E-state index contributed by atoms with van der Waals surface area (Å²) in [4.78, 5) is 12.8. The van der Waals surface area contributed by atoms with Gasteiger partial charge in [-0.15, -0.1) is 0 Å². The Bertz CT molecular complexity index is 416. The second kappa shape index (κ2) is 4.00. The fourth-order valence-electron chi connectivity index (χ4n) is 1.88. The molecule has 0 aromatic heterocycles. The largest absolute Gasteiger partial charge is 0.399 e. The van der Waals surface area contributed by atoms with Crippen LogP contribution in [0.3, 0.4) is 0 Å². The smallest absolute Gasteiger partial charge is 0.224 e. The van der Waals surface area contributed by atoms with Gasteiger partial charge in [-0.2, -0.15) is 0 Å². The summed E-state index contributed by atoms with van der Waals surface area (Å²) in [7, 11) is 0. The Hall–Kier alpha value is -1.78. The number of nitrogens with two attached hydrogens (primary N) is 2. The van der Waals surface area contributed by atoms with Crippen molar-refractivity contribution in [1.82, 2.24) is 0 Å². The topological polar surface area (TPSA) is 72.4 Å². The first-order valence-corrected chi connectivity index (χ1v) is 5.10. The van der Waals surface area contributed by atoms with Crippen molar-refractivity contribution in [2.24, 2.45) is 11.7 Å². The zero-order valence-corrected chi connectivity index (χ0v) is 8.82. The maximum Gasteiger partial charge on any atom is 0.224 e. The summed E-state index contributed by atoms with van der Waals surface area (Å²) in [5.41, 5.74) is 12.7. The molecule has 1 heterocycles. The lowest BCUT2D eigenvalue weighted by Crippen LogP contribution is -2.52. The molecule has 1 saturated heterocycles. The molecule has 1 aromatic rings. The Kier molecular flexibility index (Phi) is 2.68. The maximum atomic E-state index is 12.8. The molecule has 1 amide bonds. The minimum absolute atomic E-state index is 0.120. The minimum Gasteiger partial charge on any atom is -0.399 e. The maximum absolute atomic E-state index is 12.8. The fraction of sp³-hybridized carbons (Fsp3) is 0.364. The van der Waals surface area contributed by atoms with Crippen molar-refractivity contribution in [3.05, 3.63) is 23.8 Å². The first-order chi connectivity index (χ1) is 7.61. The lowest BCUT2D eigenvalue weighted by Gasteiger charge is -2.40. The number of rotatable bonds is 3. The van der Waals surface area contributed by atoms with Crippen LogP contribution in [0.1, 0.15) is 5.56 Å². The van der Waals surface area contributed by atoms with Crippen molar-refractivity contribution in [3.8, 4) is 0 Å². The highest BCUT2D eigenvalue weighted by Gasteiger charge is 2.32. The molecule has 0 radical (unpaired) electrons. The number of nitrogen functional groups attached to an aromatic ring is 1. The monoisotopic (exact) mass is 223 g/mol. The number of hydrogen-bond acceptors (Lipinski definition) is 3. The molecule has 1 aliphatic heterocycles. The van der Waals surface area contributed by atoms with Crippen LogP contribution in [0.5, 0.6) is 0 Å². The highest BCUT2D eigenvalue weighted by atomic mass is 19.1. The van der Waals surface area contributed by atoms with Gasteiger partial charge in [0.2, 0.25) is 5.91 Å². The molecule has 0 atom stereocenters. The summed E-state index contributed by atoms with van der Waals surface area (Å²) < 4.78 is 12.8. The van der Waals surface area contributed by atoms with Crippen molar-refractivity contribution in [2.75, 3.05) is 23.7 Å². The zero-order chi connectivity index (χ0) is 11.7. The van der Waals surface area contributed by atoms with Gasteiger partial charge < -0.3 is 16.4 Å². The minimum atomic E-state index is -0.557. The quantitative estimate of drug-likeness (QED) is 0.739. The van der Waals surface area contributed by atoms with Crippen LogP contribution in [-0.4, -0.2) is 19.0 Å². The third kappa shape index (κ3) is 1.80. The Morgan fingerprint density at radius 3 is 2.75 bits per heavy atom. The molecule has 0 aliphatic carbocycles. The van der Waals surface area contributed by atoms with Crippen LogP contribution in [0.4, 0.5) is 15.8 Å². The predicted molar refractivity (Wildman–Crippen MR) is 60.6 cm³/mol. The van der Waals surface area contributed by atoms with E-state index in [1.54, 1.807) is 18.2 Å². The van der Waals surface area contributed by atoms with E-state index < -0.39 is 6.67 Å². The van der Waals surface area contributed by atoms with E-state index >= 15 is 0 Å². The normalized spacial score (nSPS) is 15.9. The molecule has 86 valence electrons. The predicted octanol–water partition coefficient (Wildman–Crippen LogP) is 0.660. The number of primary amides is 1. The molecule has 1 aliphatic rings.